The fourth-order valence-corrected chi connectivity index (χ4v) is 9.22. The van der Waals surface area contributed by atoms with E-state index in [1.54, 1.807) is 0 Å². The molecule has 0 aliphatic rings. The van der Waals surface area contributed by atoms with Crippen LogP contribution in [0.15, 0.2) is 237 Å². The summed E-state index contributed by atoms with van der Waals surface area (Å²) in [5, 5.41) is 4.65. The van der Waals surface area contributed by atoms with Crippen molar-refractivity contribution in [2.75, 3.05) is 0 Å². The topological polar surface area (TPSA) is 56.5 Å². The third-order valence-electron chi connectivity index (χ3n) is 12.3. The molecule has 3 aromatic heterocycles. The van der Waals surface area contributed by atoms with Crippen molar-refractivity contribution in [2.24, 2.45) is 0 Å². The zero-order valence-electron chi connectivity index (χ0n) is 35.3. The smallest absolute Gasteiger partial charge is 0.164 e. The summed E-state index contributed by atoms with van der Waals surface area (Å²) in [5.41, 5.74) is 15.4. The van der Waals surface area contributed by atoms with Gasteiger partial charge < -0.3 is 0 Å². The maximum Gasteiger partial charge on any atom is 0.164 e. The molecule has 0 aliphatic heterocycles. The van der Waals surface area contributed by atoms with E-state index in [0.717, 1.165) is 83.8 Å². The Bertz CT molecular complexity index is 3620. The van der Waals surface area contributed by atoms with Crippen LogP contribution in [0.1, 0.15) is 0 Å². The van der Waals surface area contributed by atoms with Gasteiger partial charge in [-0.2, -0.15) is 0 Å². The van der Waals surface area contributed by atoms with E-state index in [1.807, 2.05) is 42.6 Å². The van der Waals surface area contributed by atoms with Gasteiger partial charge >= 0.3 is 0 Å². The van der Waals surface area contributed by atoms with Crippen LogP contribution in [0.25, 0.3) is 117 Å². The normalized spacial score (nSPS) is 11.4. The standard InChI is InChI=1S/C60H39N5/c1-4-17-40(18-5-1)41-31-33-42(34-32-41)54-38-55(63-59(62-54)43-19-6-2-7-20-43)44-21-16-22-45(37-44)57-48-25-10-12-27-50(48)58(51-28-13-11-26-49(51)57)46-35-36-53(61-39-46)60-64-52-29-14-15-30-56(52)65(60)47-23-8-3-9-24-47/h1-39H. The molecule has 0 spiro atoms. The van der Waals surface area contributed by atoms with Gasteiger partial charge in [0.1, 0.15) is 5.69 Å². The van der Waals surface area contributed by atoms with Crippen LogP contribution in [0.5, 0.6) is 0 Å². The van der Waals surface area contributed by atoms with Gasteiger partial charge in [0.05, 0.1) is 22.4 Å². The van der Waals surface area contributed by atoms with E-state index in [2.05, 4.69) is 199 Å². The second-order valence-electron chi connectivity index (χ2n) is 16.2. The number of hydrogen-bond donors (Lipinski definition) is 0. The quantitative estimate of drug-likeness (QED) is 0.143. The van der Waals surface area contributed by atoms with Crippen LogP contribution in [0.3, 0.4) is 0 Å². The average molecular weight is 830 g/mol. The molecular weight excluding hydrogens is 791 g/mol. The lowest BCUT2D eigenvalue weighted by atomic mass is 9.86. The molecule has 0 N–H and O–H groups in total. The summed E-state index contributed by atoms with van der Waals surface area (Å²) in [6, 6.07) is 80.7. The molecule has 65 heavy (non-hydrogen) atoms. The Morgan fingerprint density at radius 3 is 1.45 bits per heavy atom. The van der Waals surface area contributed by atoms with Crippen molar-refractivity contribution in [2.45, 2.75) is 0 Å². The van der Waals surface area contributed by atoms with E-state index in [4.69, 9.17) is 19.9 Å². The Morgan fingerprint density at radius 2 is 0.800 bits per heavy atom. The zero-order valence-corrected chi connectivity index (χ0v) is 35.3. The van der Waals surface area contributed by atoms with Gasteiger partial charge in [0, 0.05) is 34.1 Å². The first-order valence-electron chi connectivity index (χ1n) is 21.9. The van der Waals surface area contributed by atoms with Crippen LogP contribution in [-0.2, 0) is 0 Å². The summed E-state index contributed by atoms with van der Waals surface area (Å²) in [6.45, 7) is 0. The van der Waals surface area contributed by atoms with Crippen molar-refractivity contribution in [3.8, 4) is 84.5 Å². The summed E-state index contributed by atoms with van der Waals surface area (Å²) in [7, 11) is 0. The average Bonchev–Trinajstić information content (AvgIpc) is 3.78. The maximum atomic E-state index is 5.22. The number of nitrogens with zero attached hydrogens (tertiary/aromatic N) is 5. The second kappa shape index (κ2) is 16.2. The lowest BCUT2D eigenvalue weighted by molar-refractivity contribution is 1.08. The molecule has 304 valence electrons. The highest BCUT2D eigenvalue weighted by Gasteiger charge is 2.20. The first kappa shape index (κ1) is 37.9. The van der Waals surface area contributed by atoms with Crippen molar-refractivity contribution < 1.29 is 0 Å². The molecule has 0 fully saturated rings. The lowest BCUT2D eigenvalue weighted by Crippen LogP contribution is -1.99. The van der Waals surface area contributed by atoms with E-state index >= 15 is 0 Å². The molecule has 12 aromatic rings. The molecule has 5 nitrogen and oxygen atoms in total. The molecule has 3 heterocycles. The molecule has 0 radical (unpaired) electrons. The Kier molecular flexibility index (Phi) is 9.42. The molecule has 12 rings (SSSR count). The number of rotatable bonds is 8. The zero-order chi connectivity index (χ0) is 43.1. The first-order valence-corrected chi connectivity index (χ1v) is 21.9. The van der Waals surface area contributed by atoms with Gasteiger partial charge in [-0.25, -0.2) is 15.0 Å². The molecule has 5 heteroatoms. The summed E-state index contributed by atoms with van der Waals surface area (Å²) < 4.78 is 2.19. The summed E-state index contributed by atoms with van der Waals surface area (Å²) in [6.07, 6.45) is 2.00. The van der Waals surface area contributed by atoms with Crippen LogP contribution in [0.2, 0.25) is 0 Å². The molecule has 0 bridgehead atoms. The highest BCUT2D eigenvalue weighted by atomic mass is 15.1. The largest absolute Gasteiger partial charge is 0.291 e. The molecule has 0 amide bonds. The molecular formula is C60H39N5. The molecule has 0 aliphatic carbocycles. The van der Waals surface area contributed by atoms with Gasteiger partial charge in [0.2, 0.25) is 0 Å². The molecule has 0 saturated heterocycles. The Labute approximate surface area is 376 Å². The number of imidazole rings is 1. The molecule has 0 saturated carbocycles. The van der Waals surface area contributed by atoms with Crippen molar-refractivity contribution in [1.82, 2.24) is 24.5 Å². The van der Waals surface area contributed by atoms with Crippen LogP contribution >= 0.6 is 0 Å². The minimum Gasteiger partial charge on any atom is -0.291 e. The highest BCUT2D eigenvalue weighted by Crippen LogP contribution is 2.44. The van der Waals surface area contributed by atoms with Crippen molar-refractivity contribution >= 4 is 32.6 Å². The second-order valence-corrected chi connectivity index (χ2v) is 16.2. The number of hydrogen-bond acceptors (Lipinski definition) is 4. The van der Waals surface area contributed by atoms with Gasteiger partial charge in [-0.1, -0.05) is 188 Å². The van der Waals surface area contributed by atoms with Gasteiger partial charge in [-0.15, -0.1) is 0 Å². The van der Waals surface area contributed by atoms with E-state index in [0.29, 0.717) is 5.82 Å². The third-order valence-corrected chi connectivity index (χ3v) is 12.3. The van der Waals surface area contributed by atoms with Gasteiger partial charge in [0.25, 0.3) is 0 Å². The van der Waals surface area contributed by atoms with Crippen LogP contribution < -0.4 is 0 Å². The van der Waals surface area contributed by atoms with E-state index in [1.165, 1.54) is 27.5 Å². The Hall–Kier alpha value is -8.80. The van der Waals surface area contributed by atoms with E-state index in [-0.39, 0.29) is 0 Å². The third kappa shape index (κ3) is 6.93. The van der Waals surface area contributed by atoms with E-state index < -0.39 is 0 Å². The fourth-order valence-electron chi connectivity index (χ4n) is 9.22. The predicted molar refractivity (Wildman–Crippen MR) is 268 cm³/mol. The van der Waals surface area contributed by atoms with Crippen molar-refractivity contribution in [3.63, 3.8) is 0 Å². The summed E-state index contributed by atoms with van der Waals surface area (Å²) in [4.78, 5) is 20.6. The number of fused-ring (bicyclic) bond motifs is 3. The molecule has 0 atom stereocenters. The van der Waals surface area contributed by atoms with Crippen LogP contribution in [0, 0.1) is 0 Å². The van der Waals surface area contributed by atoms with Gasteiger partial charge in [-0.3, -0.25) is 9.55 Å². The van der Waals surface area contributed by atoms with Gasteiger partial charge in [0.15, 0.2) is 11.6 Å². The predicted octanol–water partition coefficient (Wildman–Crippen LogP) is 15.2. The maximum absolute atomic E-state index is 5.22. The SMILES string of the molecule is c1ccc(-c2ccc(-c3cc(-c4cccc(-c5c6ccccc6c(-c6ccc(-c7nc8ccccc8n7-c7ccccc7)nc6)c6ccccc56)c4)nc(-c4ccccc4)n3)cc2)cc1. The molecule has 0 unspecified atom stereocenters. The van der Waals surface area contributed by atoms with Crippen LogP contribution in [-0.4, -0.2) is 24.5 Å². The summed E-state index contributed by atoms with van der Waals surface area (Å²) >= 11 is 0. The minimum absolute atomic E-state index is 0.688. The Balaban J connectivity index is 0.974. The lowest BCUT2D eigenvalue weighted by Gasteiger charge is -2.18. The monoisotopic (exact) mass is 829 g/mol. The first-order chi connectivity index (χ1) is 32.2. The number of pyridine rings is 1. The minimum atomic E-state index is 0.688. The van der Waals surface area contributed by atoms with E-state index in [9.17, 15) is 0 Å². The summed E-state index contributed by atoms with van der Waals surface area (Å²) in [5.74, 6) is 1.49. The fraction of sp³-hybridized carbons (Fsp3) is 0. The number of para-hydroxylation sites is 3. The highest BCUT2D eigenvalue weighted by molar-refractivity contribution is 6.21. The number of benzene rings is 9. The van der Waals surface area contributed by atoms with Crippen molar-refractivity contribution in [1.29, 1.82) is 0 Å². The Morgan fingerprint density at radius 1 is 0.308 bits per heavy atom. The van der Waals surface area contributed by atoms with Crippen LogP contribution in [0.4, 0.5) is 0 Å². The van der Waals surface area contributed by atoms with Crippen molar-refractivity contribution in [3.05, 3.63) is 237 Å². The number of aromatic nitrogens is 5. The van der Waals surface area contributed by atoms with Gasteiger partial charge in [-0.05, 0) is 91.8 Å². The molecule has 9 aromatic carbocycles.